The van der Waals surface area contributed by atoms with E-state index in [9.17, 15) is 9.18 Å². The highest BCUT2D eigenvalue weighted by Gasteiger charge is 2.11. The number of nitrogens with one attached hydrogen (secondary N) is 1. The van der Waals surface area contributed by atoms with E-state index in [0.717, 1.165) is 33.3 Å². The van der Waals surface area contributed by atoms with Crippen LogP contribution in [0.1, 0.15) is 23.1 Å². The molecule has 1 heterocycles. The quantitative estimate of drug-likeness (QED) is 0.435. The molecule has 0 fully saturated rings. The van der Waals surface area contributed by atoms with Crippen LogP contribution in [0, 0.1) is 5.82 Å². The third-order valence-electron chi connectivity index (χ3n) is 5.38. The van der Waals surface area contributed by atoms with Crippen LogP contribution in [0.5, 0.6) is 5.75 Å². The van der Waals surface area contributed by atoms with E-state index < -0.39 is 0 Å². The molecule has 158 valence electrons. The largest absolute Gasteiger partial charge is 0.497 e. The van der Waals surface area contributed by atoms with Gasteiger partial charge in [-0.25, -0.2) is 4.39 Å². The Bertz CT molecular complexity index is 1180. The van der Waals surface area contributed by atoms with Crippen molar-refractivity contribution in [3.63, 3.8) is 0 Å². The lowest BCUT2D eigenvalue weighted by atomic mass is 10.1. The van der Waals surface area contributed by atoms with Crippen LogP contribution in [-0.2, 0) is 24.3 Å². The van der Waals surface area contributed by atoms with E-state index in [4.69, 9.17) is 4.74 Å². The van der Waals surface area contributed by atoms with Crippen molar-refractivity contribution < 1.29 is 13.9 Å². The van der Waals surface area contributed by atoms with Gasteiger partial charge < -0.3 is 14.6 Å². The second-order valence-electron chi connectivity index (χ2n) is 7.55. The molecule has 3 aromatic carbocycles. The molecule has 0 aliphatic rings. The molecule has 4 aromatic rings. The first-order chi connectivity index (χ1) is 15.1. The van der Waals surface area contributed by atoms with Crippen LogP contribution in [0.4, 0.5) is 4.39 Å². The summed E-state index contributed by atoms with van der Waals surface area (Å²) in [7, 11) is 1.63. The summed E-state index contributed by atoms with van der Waals surface area (Å²) in [4.78, 5) is 12.4. The lowest BCUT2D eigenvalue weighted by Crippen LogP contribution is -2.22. The summed E-state index contributed by atoms with van der Waals surface area (Å²) in [6, 6.07) is 22.4. The summed E-state index contributed by atoms with van der Waals surface area (Å²) in [5.74, 6) is 0.556. The van der Waals surface area contributed by atoms with Crippen LogP contribution in [0.15, 0.2) is 79.0 Å². The first kappa shape index (κ1) is 20.7. The number of methoxy groups -OCH3 is 1. The van der Waals surface area contributed by atoms with Gasteiger partial charge in [0.25, 0.3) is 0 Å². The molecule has 0 atom stereocenters. The average molecular weight is 416 g/mol. The number of fused-ring (bicyclic) bond motifs is 1. The molecule has 0 saturated heterocycles. The van der Waals surface area contributed by atoms with Crippen LogP contribution in [0.2, 0.25) is 0 Å². The van der Waals surface area contributed by atoms with Gasteiger partial charge in [0.2, 0.25) is 5.91 Å². The number of hydrogen-bond acceptors (Lipinski definition) is 2. The summed E-state index contributed by atoms with van der Waals surface area (Å²) in [5.41, 5.74) is 4.28. The van der Waals surface area contributed by atoms with Crippen molar-refractivity contribution in [1.82, 2.24) is 9.88 Å². The van der Waals surface area contributed by atoms with Crippen molar-refractivity contribution in [2.45, 2.75) is 25.9 Å². The molecular formula is C26H25FN2O2. The van der Waals surface area contributed by atoms with Gasteiger partial charge in [0.05, 0.1) is 7.11 Å². The van der Waals surface area contributed by atoms with Crippen LogP contribution < -0.4 is 10.1 Å². The highest BCUT2D eigenvalue weighted by atomic mass is 19.1. The Balaban J connectivity index is 1.42. The summed E-state index contributed by atoms with van der Waals surface area (Å²) in [6.07, 6.45) is 3.17. The van der Waals surface area contributed by atoms with Crippen molar-refractivity contribution in [3.05, 3.63) is 102 Å². The van der Waals surface area contributed by atoms with Crippen LogP contribution in [0.3, 0.4) is 0 Å². The molecular weight excluding hydrogens is 391 g/mol. The standard InChI is InChI=1S/C26H25FN2O2/c1-31-23-6-4-5-20(15-23)16-28-26(30)14-11-21-18-29(25-8-3-2-7-24(21)25)17-19-9-12-22(27)13-10-19/h2-10,12-13,15,18H,11,14,16-17H2,1H3,(H,28,30). The number of amides is 1. The fourth-order valence-corrected chi connectivity index (χ4v) is 3.76. The molecule has 1 N–H and O–H groups in total. The topological polar surface area (TPSA) is 43.3 Å². The predicted molar refractivity (Wildman–Crippen MR) is 121 cm³/mol. The number of carbonyl (C=O) groups excluding carboxylic acids is 1. The average Bonchev–Trinajstić information content (AvgIpc) is 3.15. The molecule has 0 aliphatic carbocycles. The van der Waals surface area contributed by atoms with E-state index in [1.807, 2.05) is 36.4 Å². The Morgan fingerprint density at radius 1 is 1.00 bits per heavy atom. The molecule has 31 heavy (non-hydrogen) atoms. The summed E-state index contributed by atoms with van der Waals surface area (Å²) in [5, 5.41) is 4.13. The van der Waals surface area contributed by atoms with Crippen LogP contribution in [0.25, 0.3) is 10.9 Å². The molecule has 1 aromatic heterocycles. The van der Waals surface area contributed by atoms with Gasteiger partial charge in [0.15, 0.2) is 0 Å². The van der Waals surface area contributed by atoms with Crippen molar-refractivity contribution in [2.24, 2.45) is 0 Å². The number of para-hydroxylation sites is 1. The number of benzene rings is 3. The Labute approximate surface area is 181 Å². The molecule has 5 heteroatoms. The van der Waals surface area contributed by atoms with Gasteiger partial charge in [-0.05, 0) is 53.4 Å². The second kappa shape index (κ2) is 9.47. The number of hydrogen-bond donors (Lipinski definition) is 1. The monoisotopic (exact) mass is 416 g/mol. The zero-order valence-electron chi connectivity index (χ0n) is 17.5. The molecule has 0 bridgehead atoms. The van der Waals surface area contributed by atoms with Crippen molar-refractivity contribution >= 4 is 16.8 Å². The SMILES string of the molecule is COc1cccc(CNC(=O)CCc2cn(Cc3ccc(F)cc3)c3ccccc23)c1. The van der Waals surface area contributed by atoms with E-state index in [0.29, 0.717) is 25.9 Å². The molecule has 0 radical (unpaired) electrons. The Morgan fingerprint density at radius 2 is 1.81 bits per heavy atom. The van der Waals surface area contributed by atoms with Crippen molar-refractivity contribution in [3.8, 4) is 5.75 Å². The summed E-state index contributed by atoms with van der Waals surface area (Å²) >= 11 is 0. The number of nitrogens with zero attached hydrogens (tertiary/aromatic N) is 1. The molecule has 0 saturated carbocycles. The Kier molecular flexibility index (Phi) is 6.32. The van der Waals surface area contributed by atoms with Crippen LogP contribution >= 0.6 is 0 Å². The highest BCUT2D eigenvalue weighted by molar-refractivity contribution is 5.85. The smallest absolute Gasteiger partial charge is 0.220 e. The maximum Gasteiger partial charge on any atom is 0.220 e. The van der Waals surface area contributed by atoms with E-state index in [1.54, 1.807) is 19.2 Å². The first-order valence-corrected chi connectivity index (χ1v) is 10.3. The van der Waals surface area contributed by atoms with Crippen LogP contribution in [-0.4, -0.2) is 17.6 Å². The summed E-state index contributed by atoms with van der Waals surface area (Å²) in [6.45, 7) is 1.13. The molecule has 4 nitrogen and oxygen atoms in total. The van der Waals surface area contributed by atoms with E-state index in [2.05, 4.69) is 28.2 Å². The van der Waals surface area contributed by atoms with Gasteiger partial charge in [-0.3, -0.25) is 4.79 Å². The number of halogens is 1. The third-order valence-corrected chi connectivity index (χ3v) is 5.38. The second-order valence-corrected chi connectivity index (χ2v) is 7.55. The summed E-state index contributed by atoms with van der Waals surface area (Å²) < 4.78 is 20.6. The van der Waals surface area contributed by atoms with E-state index >= 15 is 0 Å². The highest BCUT2D eigenvalue weighted by Crippen LogP contribution is 2.24. The van der Waals surface area contributed by atoms with Gasteiger partial charge in [0, 0.05) is 36.6 Å². The van der Waals surface area contributed by atoms with E-state index in [1.165, 1.54) is 12.1 Å². The molecule has 4 rings (SSSR count). The minimum Gasteiger partial charge on any atom is -0.497 e. The maximum absolute atomic E-state index is 13.2. The lowest BCUT2D eigenvalue weighted by molar-refractivity contribution is -0.121. The first-order valence-electron chi connectivity index (χ1n) is 10.3. The third kappa shape index (κ3) is 5.12. The van der Waals surface area contributed by atoms with Gasteiger partial charge in [-0.15, -0.1) is 0 Å². The minimum absolute atomic E-state index is 0.0122. The Morgan fingerprint density at radius 3 is 2.61 bits per heavy atom. The normalized spacial score (nSPS) is 10.9. The zero-order valence-corrected chi connectivity index (χ0v) is 17.5. The number of ether oxygens (including phenoxy) is 1. The number of rotatable bonds is 8. The molecule has 0 unspecified atom stereocenters. The zero-order chi connectivity index (χ0) is 21.6. The predicted octanol–water partition coefficient (Wildman–Crippen LogP) is 5.09. The number of aryl methyl sites for hydroxylation is 1. The van der Waals surface area contributed by atoms with Gasteiger partial charge in [0.1, 0.15) is 11.6 Å². The van der Waals surface area contributed by atoms with Gasteiger partial charge in [-0.1, -0.05) is 42.5 Å². The van der Waals surface area contributed by atoms with E-state index in [-0.39, 0.29) is 11.7 Å². The fourth-order valence-electron chi connectivity index (χ4n) is 3.76. The number of carbonyl (C=O) groups is 1. The minimum atomic E-state index is -0.234. The number of aromatic nitrogens is 1. The lowest BCUT2D eigenvalue weighted by Gasteiger charge is -2.07. The van der Waals surface area contributed by atoms with Crippen molar-refractivity contribution in [1.29, 1.82) is 0 Å². The fraction of sp³-hybridized carbons (Fsp3) is 0.192. The Hall–Kier alpha value is -3.60. The molecule has 0 spiro atoms. The van der Waals surface area contributed by atoms with Crippen molar-refractivity contribution in [2.75, 3.05) is 7.11 Å². The maximum atomic E-state index is 13.2. The van der Waals surface area contributed by atoms with Gasteiger partial charge in [-0.2, -0.15) is 0 Å². The molecule has 0 aliphatic heterocycles. The molecule has 1 amide bonds. The van der Waals surface area contributed by atoms with Gasteiger partial charge >= 0.3 is 0 Å².